The number of hydrogen-bond donors (Lipinski definition) is 2. The number of aliphatic hydroxyl groups is 1. The molecule has 0 aliphatic carbocycles. The van der Waals surface area contributed by atoms with Crippen LogP contribution in [0, 0.1) is 11.8 Å². The summed E-state index contributed by atoms with van der Waals surface area (Å²) < 4.78 is 12.1. The molecule has 0 spiro atoms. The lowest BCUT2D eigenvalue weighted by Crippen LogP contribution is -2.48. The molecule has 5 nitrogen and oxygen atoms in total. The van der Waals surface area contributed by atoms with Gasteiger partial charge in [-0.15, -0.1) is 0 Å². The van der Waals surface area contributed by atoms with E-state index in [-0.39, 0.29) is 24.2 Å². The minimum Gasteiger partial charge on any atom is -0.391 e. The second-order valence-electron chi connectivity index (χ2n) is 7.72. The number of benzene rings is 1. The first-order chi connectivity index (χ1) is 12.0. The van der Waals surface area contributed by atoms with Crippen LogP contribution in [0.4, 0.5) is 0 Å². The van der Waals surface area contributed by atoms with Crippen LogP contribution in [0.5, 0.6) is 0 Å². The maximum atomic E-state index is 10.8. The summed E-state index contributed by atoms with van der Waals surface area (Å²) in [5.41, 5.74) is 7.00. The van der Waals surface area contributed by atoms with Crippen LogP contribution in [0.25, 0.3) is 0 Å². The Balaban J connectivity index is 1.58. The Labute approximate surface area is 151 Å². The zero-order chi connectivity index (χ0) is 17.8. The molecule has 5 atom stereocenters. The largest absolute Gasteiger partial charge is 0.391 e. The fourth-order valence-corrected chi connectivity index (χ4v) is 3.86. The van der Waals surface area contributed by atoms with Crippen molar-refractivity contribution in [2.75, 3.05) is 26.2 Å². The molecule has 140 valence electrons. The molecule has 3 rings (SSSR count). The van der Waals surface area contributed by atoms with Crippen molar-refractivity contribution in [1.29, 1.82) is 0 Å². The summed E-state index contributed by atoms with van der Waals surface area (Å²) in [5, 5.41) is 10.8. The molecule has 2 aliphatic heterocycles. The molecule has 0 aromatic heterocycles. The van der Waals surface area contributed by atoms with E-state index in [0.717, 1.165) is 31.5 Å². The molecular formula is C20H32N2O3. The number of piperidine rings is 1. The highest BCUT2D eigenvalue weighted by atomic mass is 16.7. The van der Waals surface area contributed by atoms with E-state index in [1.54, 1.807) is 0 Å². The number of nitrogens with two attached hydrogens (primary N) is 1. The predicted molar refractivity (Wildman–Crippen MR) is 98.0 cm³/mol. The highest BCUT2D eigenvalue weighted by Gasteiger charge is 2.37. The molecular weight excluding hydrogens is 316 g/mol. The Morgan fingerprint density at radius 2 is 1.92 bits per heavy atom. The summed E-state index contributed by atoms with van der Waals surface area (Å²) >= 11 is 0. The summed E-state index contributed by atoms with van der Waals surface area (Å²) in [6.07, 6.45) is 1.27. The summed E-state index contributed by atoms with van der Waals surface area (Å²) in [7, 11) is 0. The fourth-order valence-electron chi connectivity index (χ4n) is 3.86. The van der Waals surface area contributed by atoms with E-state index in [4.69, 9.17) is 15.2 Å². The summed E-state index contributed by atoms with van der Waals surface area (Å²) in [6, 6.07) is 10.3. The molecule has 1 aromatic rings. The van der Waals surface area contributed by atoms with Crippen molar-refractivity contribution in [2.24, 2.45) is 17.6 Å². The van der Waals surface area contributed by atoms with Gasteiger partial charge in [0.15, 0.2) is 6.29 Å². The van der Waals surface area contributed by atoms with Crippen LogP contribution in [-0.4, -0.2) is 54.5 Å². The average Bonchev–Trinajstić information content (AvgIpc) is 2.64. The number of ether oxygens (including phenoxy) is 2. The maximum absolute atomic E-state index is 10.8. The van der Waals surface area contributed by atoms with Crippen LogP contribution < -0.4 is 5.73 Å². The van der Waals surface area contributed by atoms with Gasteiger partial charge >= 0.3 is 0 Å². The van der Waals surface area contributed by atoms with Gasteiger partial charge in [-0.1, -0.05) is 44.2 Å². The van der Waals surface area contributed by atoms with Crippen LogP contribution in [0.1, 0.15) is 38.5 Å². The van der Waals surface area contributed by atoms with Crippen molar-refractivity contribution in [2.45, 2.75) is 51.2 Å². The van der Waals surface area contributed by atoms with E-state index in [1.807, 2.05) is 30.3 Å². The quantitative estimate of drug-likeness (QED) is 0.853. The Morgan fingerprint density at radius 1 is 1.24 bits per heavy atom. The SMILES string of the molecule is C[C@@H]([C@@H]1OC(c2ccccc2)OC[C@H]1C)[C@@H](O)CN1CCC(N)CC1. The second-order valence-corrected chi connectivity index (χ2v) is 7.72. The van der Waals surface area contributed by atoms with Gasteiger partial charge in [-0.3, -0.25) is 0 Å². The molecule has 2 saturated heterocycles. The molecule has 0 amide bonds. The van der Waals surface area contributed by atoms with Crippen molar-refractivity contribution in [3.63, 3.8) is 0 Å². The minimum atomic E-state index is -0.406. The van der Waals surface area contributed by atoms with E-state index < -0.39 is 6.10 Å². The molecule has 1 aromatic carbocycles. The van der Waals surface area contributed by atoms with Crippen molar-refractivity contribution in [3.05, 3.63) is 35.9 Å². The first-order valence-corrected chi connectivity index (χ1v) is 9.52. The van der Waals surface area contributed by atoms with E-state index in [1.165, 1.54) is 0 Å². The first kappa shape index (κ1) is 18.8. The van der Waals surface area contributed by atoms with E-state index in [0.29, 0.717) is 19.2 Å². The van der Waals surface area contributed by atoms with Crippen molar-refractivity contribution in [1.82, 2.24) is 4.90 Å². The Kier molecular flexibility index (Phi) is 6.47. The maximum Gasteiger partial charge on any atom is 0.184 e. The van der Waals surface area contributed by atoms with E-state index in [9.17, 15) is 5.11 Å². The van der Waals surface area contributed by atoms with Crippen LogP contribution in [-0.2, 0) is 9.47 Å². The van der Waals surface area contributed by atoms with Crippen LogP contribution in [0.3, 0.4) is 0 Å². The molecule has 2 fully saturated rings. The molecule has 2 aliphatic rings. The van der Waals surface area contributed by atoms with Gasteiger partial charge < -0.3 is 25.2 Å². The molecule has 1 unspecified atom stereocenters. The van der Waals surface area contributed by atoms with Crippen molar-refractivity contribution >= 4 is 0 Å². The number of rotatable bonds is 5. The van der Waals surface area contributed by atoms with Gasteiger partial charge in [0.1, 0.15) is 0 Å². The third kappa shape index (κ3) is 4.80. The van der Waals surface area contributed by atoms with Gasteiger partial charge in [-0.2, -0.15) is 0 Å². The average molecular weight is 348 g/mol. The van der Waals surface area contributed by atoms with Gasteiger partial charge in [-0.05, 0) is 25.9 Å². The van der Waals surface area contributed by atoms with Gasteiger partial charge in [0, 0.05) is 30.0 Å². The summed E-state index contributed by atoms with van der Waals surface area (Å²) in [4.78, 5) is 2.32. The molecule has 2 heterocycles. The van der Waals surface area contributed by atoms with Crippen LogP contribution in [0.2, 0.25) is 0 Å². The second kappa shape index (κ2) is 8.60. The van der Waals surface area contributed by atoms with Gasteiger partial charge in [0.2, 0.25) is 0 Å². The van der Waals surface area contributed by atoms with Crippen LogP contribution in [0.15, 0.2) is 30.3 Å². The van der Waals surface area contributed by atoms with Gasteiger partial charge in [0.25, 0.3) is 0 Å². The molecule has 0 saturated carbocycles. The number of aliphatic hydroxyl groups excluding tert-OH is 1. The smallest absolute Gasteiger partial charge is 0.184 e. The highest BCUT2D eigenvalue weighted by Crippen LogP contribution is 2.33. The third-order valence-corrected chi connectivity index (χ3v) is 5.63. The molecule has 0 bridgehead atoms. The topological polar surface area (TPSA) is 68.0 Å². The van der Waals surface area contributed by atoms with Crippen molar-refractivity contribution < 1.29 is 14.6 Å². The lowest BCUT2D eigenvalue weighted by molar-refractivity contribution is -0.256. The number of β-amino-alcohol motifs (C(OH)–C–C–N with tert-alkyl or cyclic N) is 1. The number of likely N-dealkylation sites (tertiary alicyclic amines) is 1. The minimum absolute atomic E-state index is 0.0130. The fraction of sp³-hybridized carbons (Fsp3) is 0.700. The monoisotopic (exact) mass is 348 g/mol. The van der Waals surface area contributed by atoms with Crippen molar-refractivity contribution in [3.8, 4) is 0 Å². The van der Waals surface area contributed by atoms with E-state index >= 15 is 0 Å². The zero-order valence-corrected chi connectivity index (χ0v) is 15.4. The molecule has 3 N–H and O–H groups in total. The van der Waals surface area contributed by atoms with Crippen LogP contribution >= 0.6 is 0 Å². The predicted octanol–water partition coefficient (Wildman–Crippen LogP) is 2.16. The van der Waals surface area contributed by atoms with Gasteiger partial charge in [0.05, 0.1) is 18.8 Å². The normalized spacial score (nSPS) is 31.6. The number of hydrogen-bond acceptors (Lipinski definition) is 5. The molecule has 0 radical (unpaired) electrons. The first-order valence-electron chi connectivity index (χ1n) is 9.52. The zero-order valence-electron chi connectivity index (χ0n) is 15.4. The molecule has 5 heteroatoms. The summed E-state index contributed by atoms with van der Waals surface area (Å²) in [5.74, 6) is 0.320. The Hall–Kier alpha value is -0.980. The number of nitrogens with zero attached hydrogens (tertiary/aromatic N) is 1. The lowest BCUT2D eigenvalue weighted by atomic mass is 9.88. The standard InChI is InChI=1S/C20H32N2O3/c1-14-13-24-20(16-6-4-3-5-7-16)25-19(14)15(2)18(23)12-22-10-8-17(21)9-11-22/h3-7,14-15,17-20,23H,8-13,21H2,1-2H3/t14-,15-,18+,19-,20?/m1/s1. The Bertz CT molecular complexity index is 519. The summed E-state index contributed by atoms with van der Waals surface area (Å²) in [6.45, 7) is 7.52. The highest BCUT2D eigenvalue weighted by molar-refractivity contribution is 5.16. The Morgan fingerprint density at radius 3 is 2.60 bits per heavy atom. The third-order valence-electron chi connectivity index (χ3n) is 5.63. The lowest BCUT2D eigenvalue weighted by Gasteiger charge is -2.41. The molecule has 25 heavy (non-hydrogen) atoms. The van der Waals surface area contributed by atoms with E-state index in [2.05, 4.69) is 18.7 Å². The van der Waals surface area contributed by atoms with Gasteiger partial charge in [-0.25, -0.2) is 0 Å².